The Morgan fingerprint density at radius 3 is 2.43 bits per heavy atom. The van der Waals surface area contributed by atoms with E-state index in [-0.39, 0.29) is 23.2 Å². The normalized spacial score (nSPS) is 10.2. The highest BCUT2D eigenvalue weighted by atomic mass is 35.5. The minimum Gasteiger partial charge on any atom is -0.375 e. The van der Waals surface area contributed by atoms with Gasteiger partial charge in [-0.15, -0.1) is 0 Å². The number of hydrogen-bond donors (Lipinski definition) is 2. The van der Waals surface area contributed by atoms with Gasteiger partial charge in [-0.05, 0) is 31.0 Å². The summed E-state index contributed by atoms with van der Waals surface area (Å²) in [5, 5.41) is 16.6. The van der Waals surface area contributed by atoms with Crippen molar-refractivity contribution in [2.75, 3.05) is 17.2 Å². The summed E-state index contributed by atoms with van der Waals surface area (Å²) >= 11 is 5.97. The van der Waals surface area contributed by atoms with Gasteiger partial charge in [-0.2, -0.15) is 0 Å². The second kappa shape index (κ2) is 7.11. The van der Waals surface area contributed by atoms with Crippen LogP contribution in [0.2, 0.25) is 5.02 Å². The number of nitro groups is 1. The number of nitrogens with one attached hydrogen (secondary N) is 2. The van der Waals surface area contributed by atoms with Gasteiger partial charge in [0.2, 0.25) is 5.91 Å². The predicted molar refractivity (Wildman–Crippen MR) is 91.1 cm³/mol. The van der Waals surface area contributed by atoms with E-state index in [1.165, 1.54) is 18.2 Å². The molecule has 1 amide bonds. The first-order valence-electron chi connectivity index (χ1n) is 6.92. The Labute approximate surface area is 138 Å². The highest BCUT2D eigenvalue weighted by molar-refractivity contribution is 6.33. The smallest absolute Gasteiger partial charge is 0.271 e. The lowest BCUT2D eigenvalue weighted by molar-refractivity contribution is -0.384. The van der Waals surface area contributed by atoms with Crippen LogP contribution in [0.15, 0.2) is 36.4 Å². The number of nitro benzene ring substituents is 1. The van der Waals surface area contributed by atoms with Gasteiger partial charge in [-0.25, -0.2) is 0 Å². The number of rotatable bonds is 5. The largest absolute Gasteiger partial charge is 0.375 e. The van der Waals surface area contributed by atoms with Gasteiger partial charge >= 0.3 is 0 Å². The summed E-state index contributed by atoms with van der Waals surface area (Å²) in [5.74, 6) is -0.225. The van der Waals surface area contributed by atoms with E-state index < -0.39 is 4.92 Å². The van der Waals surface area contributed by atoms with Gasteiger partial charge < -0.3 is 10.6 Å². The van der Waals surface area contributed by atoms with E-state index in [2.05, 4.69) is 10.6 Å². The number of non-ortho nitro benzene ring substituents is 1. The molecule has 2 aromatic carbocycles. The summed E-state index contributed by atoms with van der Waals surface area (Å²) < 4.78 is 0. The Kier molecular flexibility index (Phi) is 5.18. The quantitative estimate of drug-likeness (QED) is 0.641. The first-order valence-corrected chi connectivity index (χ1v) is 7.30. The molecule has 0 atom stereocenters. The van der Waals surface area contributed by atoms with E-state index in [0.29, 0.717) is 5.69 Å². The van der Waals surface area contributed by atoms with Crippen LogP contribution < -0.4 is 10.6 Å². The number of carbonyl (C=O) groups is 1. The van der Waals surface area contributed by atoms with Crippen LogP contribution in [0.4, 0.5) is 17.1 Å². The molecule has 0 spiro atoms. The fourth-order valence-corrected chi connectivity index (χ4v) is 2.37. The van der Waals surface area contributed by atoms with Crippen molar-refractivity contribution in [3.8, 4) is 0 Å². The fraction of sp³-hybridized carbons (Fsp3) is 0.188. The molecule has 0 bridgehead atoms. The Hall–Kier alpha value is -2.60. The average Bonchev–Trinajstić information content (AvgIpc) is 2.49. The van der Waals surface area contributed by atoms with E-state index in [9.17, 15) is 14.9 Å². The van der Waals surface area contributed by atoms with E-state index in [0.717, 1.165) is 16.8 Å². The van der Waals surface area contributed by atoms with E-state index in [1.807, 2.05) is 32.0 Å². The lowest BCUT2D eigenvalue weighted by atomic mass is 10.1. The van der Waals surface area contributed by atoms with Crippen LogP contribution in [-0.2, 0) is 4.79 Å². The number of aryl methyl sites for hydroxylation is 2. The van der Waals surface area contributed by atoms with Crippen LogP contribution in [0.1, 0.15) is 11.1 Å². The summed E-state index contributed by atoms with van der Waals surface area (Å²) in [6, 6.07) is 9.82. The average molecular weight is 334 g/mol. The van der Waals surface area contributed by atoms with Gasteiger partial charge in [-0.3, -0.25) is 14.9 Å². The fourth-order valence-electron chi connectivity index (χ4n) is 2.13. The maximum Gasteiger partial charge on any atom is 0.271 e. The summed E-state index contributed by atoms with van der Waals surface area (Å²) in [6.45, 7) is 3.85. The zero-order valence-corrected chi connectivity index (χ0v) is 13.5. The van der Waals surface area contributed by atoms with Crippen molar-refractivity contribution >= 4 is 34.6 Å². The Morgan fingerprint density at radius 1 is 1.22 bits per heavy atom. The molecule has 0 aliphatic heterocycles. The van der Waals surface area contributed by atoms with Crippen LogP contribution in [0.25, 0.3) is 0 Å². The maximum absolute atomic E-state index is 12.1. The number of benzene rings is 2. The van der Waals surface area contributed by atoms with Gasteiger partial charge in [0.1, 0.15) is 0 Å². The zero-order valence-electron chi connectivity index (χ0n) is 12.7. The highest BCUT2D eigenvalue weighted by Gasteiger charge is 2.11. The minimum absolute atomic E-state index is 0.00526. The number of nitrogens with zero attached hydrogens (tertiary/aromatic N) is 1. The molecule has 0 unspecified atom stereocenters. The van der Waals surface area contributed by atoms with Crippen molar-refractivity contribution in [3.63, 3.8) is 0 Å². The zero-order chi connectivity index (χ0) is 17.0. The standard InChI is InChI=1S/C16H16ClN3O3/c1-10-4-3-5-11(2)16(10)19-15(21)9-18-14-7-6-12(20(22)23)8-13(14)17/h3-8,18H,9H2,1-2H3,(H,19,21). The predicted octanol–water partition coefficient (Wildman–Crippen LogP) is 3.92. The highest BCUT2D eigenvalue weighted by Crippen LogP contribution is 2.26. The van der Waals surface area contributed by atoms with E-state index in [1.54, 1.807) is 0 Å². The third-order valence-electron chi connectivity index (χ3n) is 3.35. The molecule has 0 aliphatic rings. The number of carbonyl (C=O) groups excluding carboxylic acids is 1. The molecule has 6 nitrogen and oxygen atoms in total. The third kappa shape index (κ3) is 4.20. The molecule has 2 rings (SSSR count). The molecule has 0 saturated carbocycles. The Balaban J connectivity index is 2.01. The Bertz CT molecular complexity index is 742. The molecule has 0 radical (unpaired) electrons. The van der Waals surface area contributed by atoms with Gasteiger partial charge in [0.15, 0.2) is 0 Å². The number of halogens is 1. The monoisotopic (exact) mass is 333 g/mol. The molecule has 7 heteroatoms. The molecular weight excluding hydrogens is 318 g/mol. The summed E-state index contributed by atoms with van der Waals surface area (Å²) in [6.07, 6.45) is 0. The van der Waals surface area contributed by atoms with Crippen LogP contribution in [0, 0.1) is 24.0 Å². The van der Waals surface area contributed by atoms with Crippen molar-refractivity contribution in [1.82, 2.24) is 0 Å². The molecule has 0 aliphatic carbocycles. The number of hydrogen-bond acceptors (Lipinski definition) is 4. The number of anilines is 2. The molecule has 120 valence electrons. The van der Waals surface area contributed by atoms with Gasteiger partial charge in [0.05, 0.1) is 22.2 Å². The lowest BCUT2D eigenvalue weighted by Gasteiger charge is -2.12. The van der Waals surface area contributed by atoms with Gasteiger partial charge in [-0.1, -0.05) is 29.8 Å². The number of para-hydroxylation sites is 1. The Morgan fingerprint density at radius 2 is 1.87 bits per heavy atom. The number of amides is 1. The van der Waals surface area contributed by atoms with E-state index in [4.69, 9.17) is 11.6 Å². The van der Waals surface area contributed by atoms with Crippen molar-refractivity contribution in [2.45, 2.75) is 13.8 Å². The molecular formula is C16H16ClN3O3. The van der Waals surface area contributed by atoms with Crippen molar-refractivity contribution in [3.05, 3.63) is 62.7 Å². The van der Waals surface area contributed by atoms with Crippen LogP contribution in [0.5, 0.6) is 0 Å². The first kappa shape index (κ1) is 16.8. The van der Waals surface area contributed by atoms with Crippen molar-refractivity contribution in [2.24, 2.45) is 0 Å². The SMILES string of the molecule is Cc1cccc(C)c1NC(=O)CNc1ccc([N+](=O)[O-])cc1Cl. The van der Waals surface area contributed by atoms with Crippen molar-refractivity contribution in [1.29, 1.82) is 0 Å². The molecule has 2 N–H and O–H groups in total. The molecule has 0 heterocycles. The third-order valence-corrected chi connectivity index (χ3v) is 3.66. The second-order valence-electron chi connectivity index (χ2n) is 5.09. The van der Waals surface area contributed by atoms with Crippen LogP contribution >= 0.6 is 11.6 Å². The topological polar surface area (TPSA) is 84.3 Å². The summed E-state index contributed by atoms with van der Waals surface area (Å²) in [7, 11) is 0. The lowest BCUT2D eigenvalue weighted by Crippen LogP contribution is -2.22. The molecule has 0 saturated heterocycles. The van der Waals surface area contributed by atoms with E-state index >= 15 is 0 Å². The molecule has 2 aromatic rings. The van der Waals surface area contributed by atoms with Crippen molar-refractivity contribution < 1.29 is 9.72 Å². The first-order chi connectivity index (χ1) is 10.9. The summed E-state index contributed by atoms with van der Waals surface area (Å²) in [4.78, 5) is 22.2. The molecule has 23 heavy (non-hydrogen) atoms. The van der Waals surface area contributed by atoms with Gasteiger partial charge in [0, 0.05) is 17.8 Å². The molecule has 0 fully saturated rings. The second-order valence-corrected chi connectivity index (χ2v) is 5.50. The summed E-state index contributed by atoms with van der Waals surface area (Å²) in [5.41, 5.74) is 3.11. The minimum atomic E-state index is -0.524. The van der Waals surface area contributed by atoms with Crippen LogP contribution in [0.3, 0.4) is 0 Å². The molecule has 0 aromatic heterocycles. The maximum atomic E-state index is 12.1. The van der Waals surface area contributed by atoms with Crippen LogP contribution in [-0.4, -0.2) is 17.4 Å². The van der Waals surface area contributed by atoms with Gasteiger partial charge in [0.25, 0.3) is 5.69 Å².